The summed E-state index contributed by atoms with van der Waals surface area (Å²) in [7, 11) is 0. The number of carbonyl (C=O) groups is 1. The predicted octanol–water partition coefficient (Wildman–Crippen LogP) is 2.74. The van der Waals surface area contributed by atoms with Crippen LogP contribution in [0.2, 0.25) is 0 Å². The van der Waals surface area contributed by atoms with E-state index in [1.165, 1.54) is 5.56 Å². The lowest BCUT2D eigenvalue weighted by atomic mass is 10.0. The fourth-order valence-electron chi connectivity index (χ4n) is 2.65. The monoisotopic (exact) mass is 215 g/mol. The topological polar surface area (TPSA) is 53.1 Å². The highest BCUT2D eigenvalue weighted by Gasteiger charge is 2.20. The molecular weight excluding hydrogens is 202 g/mol. The fourth-order valence-corrected chi connectivity index (χ4v) is 2.65. The van der Waals surface area contributed by atoms with E-state index >= 15 is 0 Å². The minimum Gasteiger partial charge on any atom is -0.477 e. The highest BCUT2D eigenvalue weighted by molar-refractivity contribution is 5.98. The Morgan fingerprint density at radius 2 is 2.06 bits per heavy atom. The molecule has 0 aliphatic heterocycles. The number of benzene rings is 1. The number of aromatic carboxylic acids is 1. The van der Waals surface area contributed by atoms with Crippen LogP contribution >= 0.6 is 0 Å². The van der Waals surface area contributed by atoms with Gasteiger partial charge in [0.1, 0.15) is 5.69 Å². The smallest absolute Gasteiger partial charge is 0.352 e. The largest absolute Gasteiger partial charge is 0.477 e. The molecule has 0 atom stereocenters. The molecule has 1 aromatic heterocycles. The maximum absolute atomic E-state index is 11.2. The van der Waals surface area contributed by atoms with Gasteiger partial charge in [-0.2, -0.15) is 0 Å². The van der Waals surface area contributed by atoms with Gasteiger partial charge in [-0.05, 0) is 42.9 Å². The molecule has 0 saturated heterocycles. The SMILES string of the molecule is O=C(O)c1[nH]c2cccc3c2c1CCCC3. The van der Waals surface area contributed by atoms with Crippen molar-refractivity contribution in [2.75, 3.05) is 0 Å². The van der Waals surface area contributed by atoms with Gasteiger partial charge in [0.2, 0.25) is 0 Å². The van der Waals surface area contributed by atoms with E-state index in [2.05, 4.69) is 11.1 Å². The van der Waals surface area contributed by atoms with Crippen molar-refractivity contribution in [3.63, 3.8) is 0 Å². The van der Waals surface area contributed by atoms with Gasteiger partial charge in [-0.1, -0.05) is 12.1 Å². The standard InChI is InChI=1S/C13H13NO2/c15-13(16)12-9-6-2-1-4-8-5-3-7-10(14-12)11(8)9/h3,5,7,14H,1-2,4,6H2,(H,15,16). The average Bonchev–Trinajstić information content (AvgIpc) is 2.50. The van der Waals surface area contributed by atoms with Crippen molar-refractivity contribution in [2.45, 2.75) is 25.7 Å². The molecule has 1 aliphatic rings. The van der Waals surface area contributed by atoms with Gasteiger partial charge in [0.15, 0.2) is 0 Å². The molecule has 0 fully saturated rings. The molecule has 82 valence electrons. The second-order valence-corrected chi connectivity index (χ2v) is 4.33. The third kappa shape index (κ3) is 1.24. The summed E-state index contributed by atoms with van der Waals surface area (Å²) in [6, 6.07) is 6.06. The van der Waals surface area contributed by atoms with Crippen molar-refractivity contribution in [3.05, 3.63) is 35.0 Å². The summed E-state index contributed by atoms with van der Waals surface area (Å²) in [5.74, 6) is -0.848. The van der Waals surface area contributed by atoms with Crippen LogP contribution in [0, 0.1) is 0 Å². The van der Waals surface area contributed by atoms with Crippen molar-refractivity contribution < 1.29 is 9.90 Å². The van der Waals surface area contributed by atoms with Gasteiger partial charge in [-0.25, -0.2) is 4.79 Å². The third-order valence-corrected chi connectivity index (χ3v) is 3.35. The summed E-state index contributed by atoms with van der Waals surface area (Å²) in [5.41, 5.74) is 3.63. The molecule has 0 radical (unpaired) electrons. The van der Waals surface area contributed by atoms with Crippen molar-refractivity contribution >= 4 is 16.9 Å². The van der Waals surface area contributed by atoms with E-state index in [9.17, 15) is 9.90 Å². The van der Waals surface area contributed by atoms with Crippen molar-refractivity contribution in [1.82, 2.24) is 4.98 Å². The first-order valence-corrected chi connectivity index (χ1v) is 5.63. The van der Waals surface area contributed by atoms with Crippen LogP contribution in [-0.2, 0) is 12.8 Å². The van der Waals surface area contributed by atoms with Crippen LogP contribution < -0.4 is 0 Å². The molecule has 2 N–H and O–H groups in total. The molecule has 3 rings (SSSR count). The van der Waals surface area contributed by atoms with E-state index in [0.29, 0.717) is 5.69 Å². The molecule has 1 aromatic carbocycles. The van der Waals surface area contributed by atoms with Crippen LogP contribution in [0.25, 0.3) is 10.9 Å². The Labute approximate surface area is 93.1 Å². The van der Waals surface area contributed by atoms with Crippen molar-refractivity contribution in [3.8, 4) is 0 Å². The van der Waals surface area contributed by atoms with E-state index in [-0.39, 0.29) is 0 Å². The van der Waals surface area contributed by atoms with Crippen LogP contribution in [0.15, 0.2) is 18.2 Å². The number of aromatic nitrogens is 1. The van der Waals surface area contributed by atoms with Gasteiger partial charge in [-0.3, -0.25) is 0 Å². The third-order valence-electron chi connectivity index (χ3n) is 3.35. The maximum Gasteiger partial charge on any atom is 0.352 e. The molecule has 0 spiro atoms. The Balaban J connectivity index is 2.39. The lowest BCUT2D eigenvalue weighted by Gasteiger charge is -1.99. The summed E-state index contributed by atoms with van der Waals surface area (Å²) >= 11 is 0. The summed E-state index contributed by atoms with van der Waals surface area (Å²) in [5, 5.41) is 10.3. The zero-order valence-corrected chi connectivity index (χ0v) is 8.92. The number of rotatable bonds is 1. The Bertz CT molecular complexity index is 569. The number of hydrogen-bond acceptors (Lipinski definition) is 1. The first kappa shape index (κ1) is 9.46. The Morgan fingerprint density at radius 1 is 1.25 bits per heavy atom. The number of aryl methyl sites for hydroxylation is 2. The fraction of sp³-hybridized carbons (Fsp3) is 0.308. The second-order valence-electron chi connectivity index (χ2n) is 4.33. The summed E-state index contributed by atoms with van der Waals surface area (Å²) < 4.78 is 0. The van der Waals surface area contributed by atoms with Gasteiger partial charge >= 0.3 is 5.97 Å². The molecule has 1 heterocycles. The lowest BCUT2D eigenvalue weighted by molar-refractivity contribution is 0.0690. The number of H-pyrrole nitrogens is 1. The van der Waals surface area contributed by atoms with E-state index < -0.39 is 5.97 Å². The van der Waals surface area contributed by atoms with E-state index in [0.717, 1.165) is 42.1 Å². The number of hydrogen-bond donors (Lipinski definition) is 2. The number of carboxylic acids is 1. The van der Waals surface area contributed by atoms with Crippen LogP contribution in [0.4, 0.5) is 0 Å². The normalized spacial score (nSPS) is 15.0. The second kappa shape index (κ2) is 3.37. The van der Waals surface area contributed by atoms with Crippen LogP contribution in [0.3, 0.4) is 0 Å². The summed E-state index contributed by atoms with van der Waals surface area (Å²) in [6.07, 6.45) is 4.15. The lowest BCUT2D eigenvalue weighted by Crippen LogP contribution is -2.00. The Morgan fingerprint density at radius 3 is 2.88 bits per heavy atom. The van der Waals surface area contributed by atoms with Gasteiger partial charge in [0, 0.05) is 10.9 Å². The van der Waals surface area contributed by atoms with Gasteiger partial charge in [-0.15, -0.1) is 0 Å². The maximum atomic E-state index is 11.2. The molecule has 0 amide bonds. The quantitative estimate of drug-likeness (QED) is 0.768. The molecule has 0 unspecified atom stereocenters. The van der Waals surface area contributed by atoms with E-state index in [1.807, 2.05) is 12.1 Å². The Kier molecular flexibility index (Phi) is 1.99. The molecule has 0 saturated carbocycles. The summed E-state index contributed by atoms with van der Waals surface area (Å²) in [4.78, 5) is 14.2. The Hall–Kier alpha value is -1.77. The first-order chi connectivity index (χ1) is 7.77. The van der Waals surface area contributed by atoms with Crippen molar-refractivity contribution in [1.29, 1.82) is 0 Å². The van der Waals surface area contributed by atoms with Gasteiger partial charge in [0.05, 0.1) is 0 Å². The van der Waals surface area contributed by atoms with Crippen LogP contribution in [-0.4, -0.2) is 16.1 Å². The predicted molar refractivity (Wildman–Crippen MR) is 61.9 cm³/mol. The minimum absolute atomic E-state index is 0.379. The average molecular weight is 215 g/mol. The molecule has 2 aromatic rings. The highest BCUT2D eigenvalue weighted by atomic mass is 16.4. The molecule has 0 bridgehead atoms. The molecule has 16 heavy (non-hydrogen) atoms. The number of aromatic amines is 1. The van der Waals surface area contributed by atoms with Gasteiger partial charge in [0.25, 0.3) is 0 Å². The minimum atomic E-state index is -0.848. The first-order valence-electron chi connectivity index (χ1n) is 5.63. The molecule has 3 nitrogen and oxygen atoms in total. The number of carboxylic acid groups (broad SMARTS) is 1. The molecule has 3 heteroatoms. The molecule has 1 aliphatic carbocycles. The number of nitrogens with one attached hydrogen (secondary N) is 1. The van der Waals surface area contributed by atoms with Crippen LogP contribution in [0.1, 0.15) is 34.5 Å². The zero-order valence-electron chi connectivity index (χ0n) is 8.92. The summed E-state index contributed by atoms with van der Waals surface area (Å²) in [6.45, 7) is 0. The van der Waals surface area contributed by atoms with E-state index in [1.54, 1.807) is 0 Å². The molecular formula is C13H13NO2. The van der Waals surface area contributed by atoms with E-state index in [4.69, 9.17) is 0 Å². The van der Waals surface area contributed by atoms with Gasteiger partial charge < -0.3 is 10.1 Å². The highest BCUT2D eigenvalue weighted by Crippen LogP contribution is 2.31. The van der Waals surface area contributed by atoms with Crippen LogP contribution in [0.5, 0.6) is 0 Å². The zero-order chi connectivity index (χ0) is 11.1. The van der Waals surface area contributed by atoms with Crippen molar-refractivity contribution in [2.24, 2.45) is 0 Å².